The lowest BCUT2D eigenvalue weighted by Gasteiger charge is -2.37. The van der Waals surface area contributed by atoms with Crippen LogP contribution in [0, 0.1) is 11.3 Å². The molecule has 0 aromatic carbocycles. The van der Waals surface area contributed by atoms with Gasteiger partial charge in [0.15, 0.2) is 0 Å². The smallest absolute Gasteiger partial charge is 0.216 e. The SMILES string of the molecule is CC(C)(C)CCC1CN(S(N)(=O)=O)C1. The normalized spacial score (nSPS) is 20.9. The van der Waals surface area contributed by atoms with Crippen LogP contribution in [0.25, 0.3) is 0 Å². The summed E-state index contributed by atoms with van der Waals surface area (Å²) in [6.45, 7) is 7.80. The second-order valence-electron chi connectivity index (χ2n) is 5.33. The van der Waals surface area contributed by atoms with Crippen LogP contribution in [0.5, 0.6) is 0 Å². The molecule has 0 saturated carbocycles. The molecule has 0 aromatic heterocycles. The van der Waals surface area contributed by atoms with Gasteiger partial charge in [-0.15, -0.1) is 0 Å². The van der Waals surface area contributed by atoms with E-state index in [-0.39, 0.29) is 0 Å². The van der Waals surface area contributed by atoms with Crippen molar-refractivity contribution in [1.82, 2.24) is 4.31 Å². The lowest BCUT2D eigenvalue weighted by atomic mass is 9.85. The van der Waals surface area contributed by atoms with Crippen LogP contribution in [0.4, 0.5) is 0 Å². The van der Waals surface area contributed by atoms with Gasteiger partial charge in [-0.2, -0.15) is 12.7 Å². The monoisotopic (exact) mass is 220 g/mol. The van der Waals surface area contributed by atoms with Gasteiger partial charge in [-0.1, -0.05) is 20.8 Å². The molecule has 14 heavy (non-hydrogen) atoms. The molecule has 0 unspecified atom stereocenters. The first-order valence-electron chi connectivity index (χ1n) is 4.96. The zero-order valence-electron chi connectivity index (χ0n) is 9.16. The van der Waals surface area contributed by atoms with Crippen molar-refractivity contribution in [3.8, 4) is 0 Å². The molecule has 4 nitrogen and oxygen atoms in total. The highest BCUT2D eigenvalue weighted by molar-refractivity contribution is 7.86. The summed E-state index contributed by atoms with van der Waals surface area (Å²) in [7, 11) is -3.42. The Morgan fingerprint density at radius 2 is 1.86 bits per heavy atom. The van der Waals surface area contributed by atoms with Crippen LogP contribution >= 0.6 is 0 Å². The molecule has 0 aromatic rings. The maximum absolute atomic E-state index is 10.9. The maximum atomic E-state index is 10.9. The molecule has 1 fully saturated rings. The van der Waals surface area contributed by atoms with Crippen molar-refractivity contribution in [2.75, 3.05) is 13.1 Å². The summed E-state index contributed by atoms with van der Waals surface area (Å²) in [5, 5.41) is 4.98. The van der Waals surface area contributed by atoms with Crippen LogP contribution in [-0.2, 0) is 10.2 Å². The molecule has 1 aliphatic heterocycles. The van der Waals surface area contributed by atoms with Crippen molar-refractivity contribution in [3.63, 3.8) is 0 Å². The molecular weight excluding hydrogens is 200 g/mol. The number of hydrogen-bond acceptors (Lipinski definition) is 2. The Morgan fingerprint density at radius 3 is 2.21 bits per heavy atom. The van der Waals surface area contributed by atoms with E-state index in [1.54, 1.807) is 0 Å². The van der Waals surface area contributed by atoms with E-state index in [4.69, 9.17) is 5.14 Å². The molecule has 0 atom stereocenters. The molecule has 0 bridgehead atoms. The van der Waals surface area contributed by atoms with E-state index in [0.717, 1.165) is 12.8 Å². The van der Waals surface area contributed by atoms with Crippen LogP contribution in [0.1, 0.15) is 33.6 Å². The zero-order valence-corrected chi connectivity index (χ0v) is 9.97. The maximum Gasteiger partial charge on any atom is 0.276 e. The first-order valence-corrected chi connectivity index (χ1v) is 6.47. The summed E-state index contributed by atoms with van der Waals surface area (Å²) in [5.74, 6) is 0.507. The Morgan fingerprint density at radius 1 is 1.36 bits per heavy atom. The molecule has 1 aliphatic rings. The van der Waals surface area contributed by atoms with Gasteiger partial charge >= 0.3 is 0 Å². The van der Waals surface area contributed by atoms with Gasteiger partial charge in [-0.25, -0.2) is 5.14 Å². The highest BCUT2D eigenvalue weighted by Crippen LogP contribution is 2.28. The summed E-state index contributed by atoms with van der Waals surface area (Å²) in [6, 6.07) is 0. The molecule has 0 spiro atoms. The Balaban J connectivity index is 2.23. The van der Waals surface area contributed by atoms with Crippen molar-refractivity contribution < 1.29 is 8.42 Å². The van der Waals surface area contributed by atoms with Gasteiger partial charge in [0.25, 0.3) is 10.2 Å². The van der Waals surface area contributed by atoms with Crippen LogP contribution in [0.15, 0.2) is 0 Å². The van der Waals surface area contributed by atoms with Crippen LogP contribution in [-0.4, -0.2) is 25.8 Å². The molecule has 84 valence electrons. The number of hydrogen-bond donors (Lipinski definition) is 1. The Labute approximate surface area is 86.6 Å². The first-order chi connectivity index (χ1) is 6.18. The fourth-order valence-electron chi connectivity index (χ4n) is 1.55. The average Bonchev–Trinajstić information content (AvgIpc) is 1.76. The predicted molar refractivity (Wildman–Crippen MR) is 56.9 cm³/mol. The van der Waals surface area contributed by atoms with Crippen molar-refractivity contribution in [3.05, 3.63) is 0 Å². The van der Waals surface area contributed by atoms with Crippen LogP contribution in [0.2, 0.25) is 0 Å². The Bertz CT molecular complexity index is 286. The molecule has 5 heteroatoms. The molecule has 0 amide bonds. The summed E-state index contributed by atoms with van der Waals surface area (Å²) < 4.78 is 23.1. The molecule has 1 heterocycles. The van der Waals surface area contributed by atoms with Gasteiger partial charge in [-0.05, 0) is 24.2 Å². The summed E-state index contributed by atoms with van der Waals surface area (Å²) in [5.41, 5.74) is 0.335. The minimum absolute atomic E-state index is 0.335. The Hall–Kier alpha value is -0.130. The van der Waals surface area contributed by atoms with Gasteiger partial charge in [-0.3, -0.25) is 0 Å². The van der Waals surface area contributed by atoms with Gasteiger partial charge in [0.05, 0.1) is 0 Å². The molecule has 0 radical (unpaired) electrons. The molecule has 0 aliphatic carbocycles. The van der Waals surface area contributed by atoms with E-state index < -0.39 is 10.2 Å². The first kappa shape index (κ1) is 11.9. The van der Waals surface area contributed by atoms with E-state index in [1.165, 1.54) is 4.31 Å². The highest BCUT2D eigenvalue weighted by Gasteiger charge is 2.33. The van der Waals surface area contributed by atoms with E-state index >= 15 is 0 Å². The number of nitrogens with two attached hydrogens (primary N) is 1. The van der Waals surface area contributed by atoms with E-state index in [2.05, 4.69) is 20.8 Å². The second-order valence-corrected chi connectivity index (χ2v) is 6.87. The molecule has 1 saturated heterocycles. The van der Waals surface area contributed by atoms with Gasteiger partial charge in [0.2, 0.25) is 0 Å². The number of rotatable bonds is 3. The lowest BCUT2D eigenvalue weighted by molar-refractivity contribution is 0.170. The van der Waals surface area contributed by atoms with Crippen molar-refractivity contribution in [1.29, 1.82) is 0 Å². The largest absolute Gasteiger partial charge is 0.276 e. The summed E-state index contributed by atoms with van der Waals surface area (Å²) >= 11 is 0. The van der Waals surface area contributed by atoms with Crippen molar-refractivity contribution in [2.24, 2.45) is 16.5 Å². The van der Waals surface area contributed by atoms with Crippen molar-refractivity contribution >= 4 is 10.2 Å². The average molecular weight is 220 g/mol. The standard InChI is InChI=1S/C9H20N2O2S/c1-9(2,3)5-4-8-6-11(7-8)14(10,12)13/h8H,4-7H2,1-3H3,(H2,10,12,13). The quantitative estimate of drug-likeness (QED) is 0.769. The predicted octanol–water partition coefficient (Wildman–Crippen LogP) is 0.948. The minimum Gasteiger partial charge on any atom is -0.216 e. The summed E-state index contributed by atoms with van der Waals surface area (Å²) in [4.78, 5) is 0. The highest BCUT2D eigenvalue weighted by atomic mass is 32.2. The fraction of sp³-hybridized carbons (Fsp3) is 1.00. The summed E-state index contributed by atoms with van der Waals surface area (Å²) in [6.07, 6.45) is 2.23. The third kappa shape index (κ3) is 3.55. The Kier molecular flexibility index (Phi) is 3.23. The molecule has 1 rings (SSSR count). The van der Waals surface area contributed by atoms with Crippen molar-refractivity contribution in [2.45, 2.75) is 33.6 Å². The third-order valence-electron chi connectivity index (χ3n) is 2.59. The van der Waals surface area contributed by atoms with Gasteiger partial charge < -0.3 is 0 Å². The topological polar surface area (TPSA) is 63.4 Å². The third-order valence-corrected chi connectivity index (χ3v) is 3.60. The molecular formula is C9H20N2O2S. The second kappa shape index (κ2) is 3.79. The zero-order chi connectivity index (χ0) is 11.0. The fourth-order valence-corrected chi connectivity index (χ4v) is 2.39. The molecule has 2 N–H and O–H groups in total. The minimum atomic E-state index is -3.42. The lowest BCUT2D eigenvalue weighted by Crippen LogP contribution is -2.52. The van der Waals surface area contributed by atoms with E-state index in [9.17, 15) is 8.42 Å². The van der Waals surface area contributed by atoms with Gasteiger partial charge in [0, 0.05) is 13.1 Å². The van der Waals surface area contributed by atoms with Gasteiger partial charge in [0.1, 0.15) is 0 Å². The van der Waals surface area contributed by atoms with Crippen LogP contribution < -0.4 is 5.14 Å². The number of nitrogens with zero attached hydrogens (tertiary/aromatic N) is 1. The van der Waals surface area contributed by atoms with Crippen LogP contribution in [0.3, 0.4) is 0 Å². The van der Waals surface area contributed by atoms with E-state index in [0.29, 0.717) is 24.4 Å². The van der Waals surface area contributed by atoms with E-state index in [1.807, 2.05) is 0 Å².